The van der Waals surface area contributed by atoms with Crippen LogP contribution in [0.25, 0.3) is 0 Å². The second-order valence-corrected chi connectivity index (χ2v) is 3.19. The van der Waals surface area contributed by atoms with E-state index < -0.39 is 0 Å². The Labute approximate surface area is 67.6 Å². The maximum Gasteiger partial charge on any atom is 0.220 e. The van der Waals surface area contributed by atoms with Crippen LogP contribution in [-0.4, -0.2) is 11.7 Å². The maximum absolute atomic E-state index is 10.5. The van der Waals surface area contributed by atoms with E-state index in [1.165, 1.54) is 0 Å². The van der Waals surface area contributed by atoms with E-state index >= 15 is 0 Å². The lowest BCUT2D eigenvalue weighted by atomic mass is 9.98. The molecule has 0 bridgehead atoms. The van der Waals surface area contributed by atoms with Crippen molar-refractivity contribution in [3.63, 3.8) is 0 Å². The zero-order chi connectivity index (χ0) is 8.15. The van der Waals surface area contributed by atoms with E-state index in [-0.39, 0.29) is 11.8 Å². The lowest BCUT2D eigenvalue weighted by Crippen LogP contribution is -2.22. The molecule has 1 amide bonds. The van der Waals surface area contributed by atoms with Crippen molar-refractivity contribution >= 4 is 18.5 Å². The highest BCUT2D eigenvalue weighted by atomic mass is 32.1. The van der Waals surface area contributed by atoms with Gasteiger partial charge in [0, 0.05) is 5.92 Å². The first-order chi connectivity index (χ1) is 4.57. The molecule has 2 N–H and O–H groups in total. The summed E-state index contributed by atoms with van der Waals surface area (Å²) in [5, 5.41) is 0. The summed E-state index contributed by atoms with van der Waals surface area (Å²) in [7, 11) is 0. The normalized spacial score (nSPS) is 16.3. The van der Waals surface area contributed by atoms with Crippen LogP contribution in [0.5, 0.6) is 0 Å². The van der Waals surface area contributed by atoms with Crippen LogP contribution in [0.2, 0.25) is 0 Å². The lowest BCUT2D eigenvalue weighted by molar-refractivity contribution is -0.121. The van der Waals surface area contributed by atoms with Crippen LogP contribution in [0.3, 0.4) is 0 Å². The SMILES string of the molecule is CC(CS)CC(C)C(N)=O. The predicted molar refractivity (Wildman–Crippen MR) is 46.0 cm³/mol. The van der Waals surface area contributed by atoms with Gasteiger partial charge in [0.2, 0.25) is 5.91 Å². The van der Waals surface area contributed by atoms with Gasteiger partial charge in [0.1, 0.15) is 0 Å². The molecule has 2 nitrogen and oxygen atoms in total. The maximum atomic E-state index is 10.5. The summed E-state index contributed by atoms with van der Waals surface area (Å²) in [6, 6.07) is 0. The van der Waals surface area contributed by atoms with Crippen LogP contribution in [-0.2, 0) is 4.79 Å². The Morgan fingerprint density at radius 1 is 1.60 bits per heavy atom. The second-order valence-electron chi connectivity index (χ2n) is 2.83. The van der Waals surface area contributed by atoms with E-state index in [1.807, 2.05) is 6.92 Å². The minimum atomic E-state index is -0.214. The molecule has 0 aliphatic rings. The molecular weight excluding hydrogens is 146 g/mol. The van der Waals surface area contributed by atoms with Gasteiger partial charge in [-0.3, -0.25) is 4.79 Å². The van der Waals surface area contributed by atoms with E-state index in [4.69, 9.17) is 5.73 Å². The Hall–Kier alpha value is -0.180. The van der Waals surface area contributed by atoms with Crippen LogP contribution in [0, 0.1) is 11.8 Å². The third-order valence-electron chi connectivity index (χ3n) is 1.55. The summed E-state index contributed by atoms with van der Waals surface area (Å²) in [5.74, 6) is 1.07. The Bertz CT molecular complexity index is 116. The molecule has 0 aromatic rings. The molecule has 0 rings (SSSR count). The molecule has 3 heteroatoms. The smallest absolute Gasteiger partial charge is 0.220 e. The van der Waals surface area contributed by atoms with Crippen molar-refractivity contribution in [1.29, 1.82) is 0 Å². The quantitative estimate of drug-likeness (QED) is 0.595. The molecular formula is C7H15NOS. The Morgan fingerprint density at radius 3 is 2.40 bits per heavy atom. The number of thiol groups is 1. The zero-order valence-corrected chi connectivity index (χ0v) is 7.40. The van der Waals surface area contributed by atoms with Crippen molar-refractivity contribution < 1.29 is 4.79 Å². The highest BCUT2D eigenvalue weighted by Gasteiger charge is 2.11. The molecule has 0 heterocycles. The molecule has 10 heavy (non-hydrogen) atoms. The van der Waals surface area contributed by atoms with Gasteiger partial charge in [0.25, 0.3) is 0 Å². The minimum absolute atomic E-state index is 0.0119. The number of carbonyl (C=O) groups excluding carboxylic acids is 1. The van der Waals surface area contributed by atoms with E-state index in [1.54, 1.807) is 0 Å². The highest BCUT2D eigenvalue weighted by Crippen LogP contribution is 2.11. The van der Waals surface area contributed by atoms with Gasteiger partial charge in [-0.2, -0.15) is 12.6 Å². The van der Waals surface area contributed by atoms with E-state index in [2.05, 4.69) is 19.6 Å². The second kappa shape index (κ2) is 4.61. The Balaban J connectivity index is 3.56. The minimum Gasteiger partial charge on any atom is -0.369 e. The van der Waals surface area contributed by atoms with Gasteiger partial charge in [-0.1, -0.05) is 13.8 Å². The number of hydrogen-bond acceptors (Lipinski definition) is 2. The van der Waals surface area contributed by atoms with E-state index in [0.717, 1.165) is 12.2 Å². The summed E-state index contributed by atoms with van der Waals surface area (Å²) in [4.78, 5) is 10.5. The third kappa shape index (κ3) is 3.77. The van der Waals surface area contributed by atoms with Gasteiger partial charge < -0.3 is 5.73 Å². The van der Waals surface area contributed by atoms with Gasteiger partial charge >= 0.3 is 0 Å². The highest BCUT2D eigenvalue weighted by molar-refractivity contribution is 7.80. The van der Waals surface area contributed by atoms with Crippen LogP contribution in [0.4, 0.5) is 0 Å². The average Bonchev–Trinajstić information content (AvgIpc) is 1.87. The molecule has 0 aromatic heterocycles. The van der Waals surface area contributed by atoms with Crippen molar-refractivity contribution in [2.45, 2.75) is 20.3 Å². The molecule has 0 aliphatic heterocycles. The molecule has 0 aliphatic carbocycles. The first-order valence-corrected chi connectivity index (χ1v) is 4.11. The molecule has 2 unspecified atom stereocenters. The fraction of sp³-hybridized carbons (Fsp3) is 0.857. The van der Waals surface area contributed by atoms with Crippen molar-refractivity contribution in [2.75, 3.05) is 5.75 Å². The van der Waals surface area contributed by atoms with Crippen molar-refractivity contribution in [3.05, 3.63) is 0 Å². The zero-order valence-electron chi connectivity index (χ0n) is 6.50. The first kappa shape index (κ1) is 9.82. The van der Waals surface area contributed by atoms with E-state index in [9.17, 15) is 4.79 Å². The lowest BCUT2D eigenvalue weighted by Gasteiger charge is -2.11. The number of amides is 1. The third-order valence-corrected chi connectivity index (χ3v) is 2.18. The van der Waals surface area contributed by atoms with Crippen LogP contribution < -0.4 is 5.73 Å². The summed E-state index contributed by atoms with van der Waals surface area (Å²) in [6.45, 7) is 3.91. The molecule has 0 fully saturated rings. The van der Waals surface area contributed by atoms with Gasteiger partial charge in [0.15, 0.2) is 0 Å². The monoisotopic (exact) mass is 161 g/mol. The molecule has 0 saturated carbocycles. The molecule has 2 atom stereocenters. The van der Waals surface area contributed by atoms with Gasteiger partial charge in [-0.15, -0.1) is 0 Å². The summed E-state index contributed by atoms with van der Waals surface area (Å²) in [6.07, 6.45) is 0.846. The average molecular weight is 161 g/mol. The molecule has 60 valence electrons. The largest absolute Gasteiger partial charge is 0.369 e. The van der Waals surface area contributed by atoms with Gasteiger partial charge in [-0.05, 0) is 18.1 Å². The number of hydrogen-bond donors (Lipinski definition) is 2. The molecule has 0 spiro atoms. The molecule has 0 radical (unpaired) electrons. The first-order valence-electron chi connectivity index (χ1n) is 3.48. The number of rotatable bonds is 4. The van der Waals surface area contributed by atoms with Crippen LogP contribution in [0.15, 0.2) is 0 Å². The summed E-state index contributed by atoms with van der Waals surface area (Å²) >= 11 is 4.11. The van der Waals surface area contributed by atoms with Crippen molar-refractivity contribution in [2.24, 2.45) is 17.6 Å². The van der Waals surface area contributed by atoms with Gasteiger partial charge in [-0.25, -0.2) is 0 Å². The summed E-state index contributed by atoms with van der Waals surface area (Å²) in [5.41, 5.74) is 5.08. The standard InChI is InChI=1S/C7H15NOS/c1-5(4-10)3-6(2)7(8)9/h5-6,10H,3-4H2,1-2H3,(H2,8,9). The molecule has 0 aromatic carbocycles. The number of nitrogens with two attached hydrogens (primary N) is 1. The van der Waals surface area contributed by atoms with Crippen LogP contribution >= 0.6 is 12.6 Å². The van der Waals surface area contributed by atoms with Crippen molar-refractivity contribution in [1.82, 2.24) is 0 Å². The number of carbonyl (C=O) groups is 1. The molecule has 0 saturated heterocycles. The summed E-state index contributed by atoms with van der Waals surface area (Å²) < 4.78 is 0. The van der Waals surface area contributed by atoms with Crippen LogP contribution in [0.1, 0.15) is 20.3 Å². The predicted octanol–water partition coefficient (Wildman–Crippen LogP) is 1.06. The van der Waals surface area contributed by atoms with Gasteiger partial charge in [0.05, 0.1) is 0 Å². The fourth-order valence-corrected chi connectivity index (χ4v) is 0.943. The Morgan fingerprint density at radius 2 is 2.10 bits per heavy atom. The number of primary amides is 1. The Kier molecular flexibility index (Phi) is 4.52. The van der Waals surface area contributed by atoms with Crippen molar-refractivity contribution in [3.8, 4) is 0 Å². The van der Waals surface area contributed by atoms with E-state index in [0.29, 0.717) is 5.92 Å². The fourth-order valence-electron chi connectivity index (χ4n) is 0.794. The topological polar surface area (TPSA) is 43.1 Å².